The van der Waals surface area contributed by atoms with Gasteiger partial charge in [-0.15, -0.1) is 23.9 Å². The first-order chi connectivity index (χ1) is 3.91. The molecule has 0 aromatic rings. The number of hydrogen-bond donors (Lipinski definition) is 0. The van der Waals surface area contributed by atoms with E-state index in [0.29, 0.717) is 0 Å². The molecule has 0 aliphatic heterocycles. The maximum absolute atomic E-state index is 5.43. The van der Waals surface area contributed by atoms with Gasteiger partial charge in [0.05, 0.1) is 0 Å². The van der Waals surface area contributed by atoms with Crippen LogP contribution in [0.3, 0.4) is 0 Å². The molecule has 0 amide bonds. The van der Waals surface area contributed by atoms with Crippen LogP contribution in [-0.4, -0.2) is 5.88 Å². The molecule has 0 heterocycles. The molecule has 0 aliphatic carbocycles. The van der Waals surface area contributed by atoms with E-state index in [-0.39, 0.29) is 0 Å². The van der Waals surface area contributed by atoms with Crippen LogP contribution in [0.25, 0.3) is 0 Å². The highest BCUT2D eigenvalue weighted by molar-refractivity contribution is 6.17. The Bertz CT molecular complexity index is 70.9. The van der Waals surface area contributed by atoms with Crippen molar-refractivity contribution in [3.63, 3.8) is 0 Å². The molecular weight excluding hydrogens is 120 g/mol. The first-order valence-electron chi connectivity index (χ1n) is 2.91. The minimum atomic E-state index is 0.768. The Kier molecular flexibility index (Phi) is 6.72. The Labute approximate surface area is 56.2 Å². The van der Waals surface area contributed by atoms with E-state index in [1.54, 1.807) is 0 Å². The van der Waals surface area contributed by atoms with Crippen molar-refractivity contribution in [3.8, 4) is 12.3 Å². The zero-order valence-electron chi connectivity index (χ0n) is 4.99. The largest absolute Gasteiger partial charge is 0.127 e. The number of rotatable bonds is 4. The average molecular weight is 131 g/mol. The van der Waals surface area contributed by atoms with Crippen molar-refractivity contribution >= 4 is 11.6 Å². The van der Waals surface area contributed by atoms with E-state index >= 15 is 0 Å². The van der Waals surface area contributed by atoms with Crippen molar-refractivity contribution in [1.82, 2.24) is 0 Å². The fraction of sp³-hybridized carbons (Fsp3) is 0.714. The Hall–Kier alpha value is -0.150. The fourth-order valence-corrected chi connectivity index (χ4v) is 0.687. The highest BCUT2D eigenvalue weighted by Gasteiger charge is 1.82. The summed E-state index contributed by atoms with van der Waals surface area (Å²) in [6.45, 7) is 0. The summed E-state index contributed by atoms with van der Waals surface area (Å²) >= 11 is 5.43. The molecule has 0 saturated heterocycles. The smallest absolute Gasteiger partial charge is 0.0223 e. The lowest BCUT2D eigenvalue weighted by Crippen LogP contribution is -1.75. The second-order valence-electron chi connectivity index (χ2n) is 1.70. The van der Waals surface area contributed by atoms with Crippen molar-refractivity contribution in [2.24, 2.45) is 0 Å². The molecule has 0 aromatic carbocycles. The molecule has 0 saturated carbocycles. The van der Waals surface area contributed by atoms with Crippen molar-refractivity contribution in [2.75, 3.05) is 5.88 Å². The van der Waals surface area contributed by atoms with E-state index in [0.717, 1.165) is 25.1 Å². The summed E-state index contributed by atoms with van der Waals surface area (Å²) < 4.78 is 0. The van der Waals surface area contributed by atoms with Crippen molar-refractivity contribution in [2.45, 2.75) is 25.7 Å². The Morgan fingerprint density at radius 2 is 2.00 bits per heavy atom. The van der Waals surface area contributed by atoms with E-state index < -0.39 is 0 Å². The van der Waals surface area contributed by atoms with Crippen LogP contribution in [0.2, 0.25) is 0 Å². The molecule has 0 spiro atoms. The van der Waals surface area contributed by atoms with Crippen LogP contribution in [0.5, 0.6) is 0 Å². The van der Waals surface area contributed by atoms with E-state index in [1.165, 1.54) is 6.42 Å². The molecule has 8 heavy (non-hydrogen) atoms. The predicted octanol–water partition coefficient (Wildman–Crippen LogP) is 2.42. The lowest BCUT2D eigenvalue weighted by Gasteiger charge is -1.89. The summed E-state index contributed by atoms with van der Waals surface area (Å²) in [5, 5.41) is 0. The van der Waals surface area contributed by atoms with Crippen LogP contribution in [-0.2, 0) is 0 Å². The van der Waals surface area contributed by atoms with Crippen molar-refractivity contribution in [3.05, 3.63) is 0 Å². The molecule has 46 valence electrons. The van der Waals surface area contributed by atoms with Gasteiger partial charge >= 0.3 is 0 Å². The van der Waals surface area contributed by atoms with E-state index in [1.807, 2.05) is 0 Å². The van der Waals surface area contributed by atoms with Gasteiger partial charge in [0.25, 0.3) is 0 Å². The van der Waals surface area contributed by atoms with Gasteiger partial charge in [0.15, 0.2) is 0 Å². The van der Waals surface area contributed by atoms with Gasteiger partial charge in [-0.2, -0.15) is 0 Å². The maximum Gasteiger partial charge on any atom is 0.0223 e. The quantitative estimate of drug-likeness (QED) is 0.312. The monoisotopic (exact) mass is 130 g/mol. The van der Waals surface area contributed by atoms with Gasteiger partial charge in [-0.1, -0.05) is 6.42 Å². The second kappa shape index (κ2) is 6.85. The molecule has 0 aromatic heterocycles. The summed E-state index contributed by atoms with van der Waals surface area (Å²) in [6, 6.07) is 0. The molecule has 0 nitrogen and oxygen atoms in total. The fourth-order valence-electron chi connectivity index (χ4n) is 0.498. The molecule has 0 aliphatic rings. The normalized spacial score (nSPS) is 8.50. The molecule has 0 radical (unpaired) electrons. The van der Waals surface area contributed by atoms with Gasteiger partial charge < -0.3 is 0 Å². The summed E-state index contributed by atoms with van der Waals surface area (Å²) in [5.41, 5.74) is 0. The maximum atomic E-state index is 5.43. The van der Waals surface area contributed by atoms with Crippen LogP contribution in [0.4, 0.5) is 0 Å². The van der Waals surface area contributed by atoms with Gasteiger partial charge in [0, 0.05) is 12.3 Å². The van der Waals surface area contributed by atoms with Crippen molar-refractivity contribution in [1.29, 1.82) is 0 Å². The molecular formula is C7H11Cl. The molecule has 0 unspecified atom stereocenters. The van der Waals surface area contributed by atoms with Gasteiger partial charge in [-0.3, -0.25) is 0 Å². The van der Waals surface area contributed by atoms with Gasteiger partial charge in [-0.05, 0) is 12.8 Å². The molecule has 0 bridgehead atoms. The summed E-state index contributed by atoms with van der Waals surface area (Å²) in [5.74, 6) is 3.35. The van der Waals surface area contributed by atoms with Gasteiger partial charge in [0.1, 0.15) is 0 Å². The third kappa shape index (κ3) is 5.85. The average Bonchev–Trinajstić information content (AvgIpc) is 1.81. The molecule has 0 rings (SSSR count). The predicted molar refractivity (Wildman–Crippen MR) is 38.0 cm³/mol. The lowest BCUT2D eigenvalue weighted by molar-refractivity contribution is 0.741. The number of alkyl halides is 1. The minimum absolute atomic E-state index is 0.768. The number of terminal acetylenes is 1. The van der Waals surface area contributed by atoms with Crippen LogP contribution in [0.1, 0.15) is 25.7 Å². The van der Waals surface area contributed by atoms with Gasteiger partial charge in [-0.25, -0.2) is 0 Å². The summed E-state index contributed by atoms with van der Waals surface area (Å²) in [6.07, 6.45) is 9.33. The number of halogens is 1. The second-order valence-corrected chi connectivity index (χ2v) is 2.08. The van der Waals surface area contributed by atoms with Gasteiger partial charge in [0.2, 0.25) is 0 Å². The van der Waals surface area contributed by atoms with Crippen LogP contribution < -0.4 is 0 Å². The van der Waals surface area contributed by atoms with E-state index in [9.17, 15) is 0 Å². The Morgan fingerprint density at radius 1 is 1.25 bits per heavy atom. The van der Waals surface area contributed by atoms with Crippen molar-refractivity contribution < 1.29 is 0 Å². The molecule has 0 N–H and O–H groups in total. The Morgan fingerprint density at radius 3 is 2.50 bits per heavy atom. The van der Waals surface area contributed by atoms with Crippen LogP contribution in [0.15, 0.2) is 0 Å². The topological polar surface area (TPSA) is 0 Å². The third-order valence-electron chi connectivity index (χ3n) is 0.955. The summed E-state index contributed by atoms with van der Waals surface area (Å²) in [4.78, 5) is 0. The van der Waals surface area contributed by atoms with Crippen LogP contribution in [0, 0.1) is 12.3 Å². The first kappa shape index (κ1) is 7.85. The lowest BCUT2D eigenvalue weighted by atomic mass is 10.2. The number of hydrogen-bond acceptors (Lipinski definition) is 0. The molecule has 1 heteroatoms. The Balaban J connectivity index is 2.65. The highest BCUT2D eigenvalue weighted by atomic mass is 35.5. The molecule has 0 atom stereocenters. The zero-order chi connectivity index (χ0) is 6.24. The molecule has 0 fully saturated rings. The highest BCUT2D eigenvalue weighted by Crippen LogP contribution is 1.98. The zero-order valence-corrected chi connectivity index (χ0v) is 5.75. The van der Waals surface area contributed by atoms with Crippen LogP contribution >= 0.6 is 11.6 Å². The minimum Gasteiger partial charge on any atom is -0.127 e. The summed E-state index contributed by atoms with van der Waals surface area (Å²) in [7, 11) is 0. The first-order valence-corrected chi connectivity index (χ1v) is 3.44. The standard InChI is InChI=1S/C7H11Cl/c1-2-3-4-5-6-7-8/h1H,3-7H2. The van der Waals surface area contributed by atoms with E-state index in [2.05, 4.69) is 5.92 Å². The van der Waals surface area contributed by atoms with E-state index in [4.69, 9.17) is 18.0 Å². The SMILES string of the molecule is C#CCCCCCCl. The number of unbranched alkanes of at least 4 members (excludes halogenated alkanes) is 3. The third-order valence-corrected chi connectivity index (χ3v) is 1.22.